The molecule has 1 fully saturated rings. The summed E-state index contributed by atoms with van der Waals surface area (Å²) in [4.78, 5) is 23.9. The Hall–Kier alpha value is -1.88. The molecule has 0 saturated heterocycles. The molecule has 23 heavy (non-hydrogen) atoms. The Balaban J connectivity index is 1.81. The standard InChI is InChI=1S/C18H27N3O2/c1-12(2)17(19)18(23)20-11-16(22)21-15(14-8-9-14)10-13-6-4-3-5-7-13/h3-7,12,14-15,17H,8-11,19H2,1-2H3,(H,20,23)(H,21,22)/t15?,17-/m0/s1. The van der Waals surface area contributed by atoms with Crippen LogP contribution in [0, 0.1) is 11.8 Å². The highest BCUT2D eigenvalue weighted by Gasteiger charge is 2.32. The molecule has 1 aliphatic rings. The average Bonchev–Trinajstić information content (AvgIpc) is 3.37. The van der Waals surface area contributed by atoms with Crippen LogP contribution in [-0.2, 0) is 16.0 Å². The van der Waals surface area contributed by atoms with Crippen LogP contribution < -0.4 is 16.4 Å². The van der Waals surface area contributed by atoms with Crippen molar-refractivity contribution in [2.24, 2.45) is 17.6 Å². The van der Waals surface area contributed by atoms with E-state index in [1.807, 2.05) is 32.0 Å². The summed E-state index contributed by atoms with van der Waals surface area (Å²) in [6, 6.07) is 9.72. The Morgan fingerprint density at radius 1 is 1.22 bits per heavy atom. The van der Waals surface area contributed by atoms with E-state index in [-0.39, 0.29) is 30.3 Å². The van der Waals surface area contributed by atoms with Gasteiger partial charge in [0.15, 0.2) is 0 Å². The molecule has 1 unspecified atom stereocenters. The summed E-state index contributed by atoms with van der Waals surface area (Å²) >= 11 is 0. The highest BCUT2D eigenvalue weighted by molar-refractivity contribution is 5.87. The molecule has 1 aromatic rings. The molecule has 2 atom stereocenters. The highest BCUT2D eigenvalue weighted by atomic mass is 16.2. The molecule has 5 heteroatoms. The van der Waals surface area contributed by atoms with Gasteiger partial charge in [-0.05, 0) is 36.7 Å². The molecule has 1 aromatic carbocycles. The van der Waals surface area contributed by atoms with Crippen LogP contribution in [0.5, 0.6) is 0 Å². The van der Waals surface area contributed by atoms with Gasteiger partial charge < -0.3 is 16.4 Å². The number of nitrogens with one attached hydrogen (secondary N) is 2. The second-order valence-corrected chi connectivity index (χ2v) is 6.69. The molecule has 0 aliphatic heterocycles. The van der Waals surface area contributed by atoms with E-state index in [9.17, 15) is 9.59 Å². The van der Waals surface area contributed by atoms with Crippen molar-refractivity contribution in [2.75, 3.05) is 6.54 Å². The third-order valence-corrected chi connectivity index (χ3v) is 4.28. The van der Waals surface area contributed by atoms with E-state index in [1.165, 1.54) is 5.56 Å². The first kappa shape index (κ1) is 17.5. The minimum atomic E-state index is -0.577. The minimum absolute atomic E-state index is 0.0166. The van der Waals surface area contributed by atoms with E-state index < -0.39 is 6.04 Å². The fraction of sp³-hybridized carbons (Fsp3) is 0.556. The maximum absolute atomic E-state index is 12.1. The Labute approximate surface area is 138 Å². The summed E-state index contributed by atoms with van der Waals surface area (Å²) in [5, 5.41) is 5.67. The lowest BCUT2D eigenvalue weighted by atomic mass is 10.0. The maximum atomic E-state index is 12.1. The predicted octanol–water partition coefficient (Wildman–Crippen LogP) is 1.22. The summed E-state index contributed by atoms with van der Waals surface area (Å²) in [6.07, 6.45) is 3.14. The van der Waals surface area contributed by atoms with Crippen molar-refractivity contribution in [3.63, 3.8) is 0 Å². The lowest BCUT2D eigenvalue weighted by Crippen LogP contribution is -2.49. The normalized spacial score (nSPS) is 16.7. The molecule has 5 nitrogen and oxygen atoms in total. The fourth-order valence-corrected chi connectivity index (χ4v) is 2.55. The molecule has 0 spiro atoms. The summed E-state index contributed by atoms with van der Waals surface area (Å²) in [7, 11) is 0. The monoisotopic (exact) mass is 317 g/mol. The number of amides is 2. The van der Waals surface area contributed by atoms with Crippen molar-refractivity contribution in [3.8, 4) is 0 Å². The zero-order valence-electron chi connectivity index (χ0n) is 13.9. The van der Waals surface area contributed by atoms with Gasteiger partial charge in [-0.15, -0.1) is 0 Å². The van der Waals surface area contributed by atoms with Gasteiger partial charge in [-0.2, -0.15) is 0 Å². The van der Waals surface area contributed by atoms with Gasteiger partial charge in [0.2, 0.25) is 11.8 Å². The molecule has 2 rings (SSSR count). The Morgan fingerprint density at radius 3 is 2.43 bits per heavy atom. The van der Waals surface area contributed by atoms with Crippen LogP contribution in [-0.4, -0.2) is 30.4 Å². The zero-order chi connectivity index (χ0) is 16.8. The van der Waals surface area contributed by atoms with E-state index in [0.29, 0.717) is 5.92 Å². The minimum Gasteiger partial charge on any atom is -0.351 e. The molecule has 126 valence electrons. The number of hydrogen-bond donors (Lipinski definition) is 3. The Morgan fingerprint density at radius 2 is 1.87 bits per heavy atom. The number of carbonyl (C=O) groups excluding carboxylic acids is 2. The molecular weight excluding hydrogens is 290 g/mol. The van der Waals surface area contributed by atoms with Gasteiger partial charge in [-0.3, -0.25) is 9.59 Å². The van der Waals surface area contributed by atoms with Crippen molar-refractivity contribution < 1.29 is 9.59 Å². The Bertz CT molecular complexity index is 526. The number of carbonyl (C=O) groups is 2. The summed E-state index contributed by atoms with van der Waals surface area (Å²) in [6.45, 7) is 3.75. The predicted molar refractivity (Wildman–Crippen MR) is 90.6 cm³/mol. The first-order valence-electron chi connectivity index (χ1n) is 8.34. The van der Waals surface area contributed by atoms with Crippen molar-refractivity contribution in [3.05, 3.63) is 35.9 Å². The van der Waals surface area contributed by atoms with E-state index in [1.54, 1.807) is 0 Å². The van der Waals surface area contributed by atoms with Crippen LogP contribution in [0.25, 0.3) is 0 Å². The van der Waals surface area contributed by atoms with Crippen molar-refractivity contribution in [1.82, 2.24) is 10.6 Å². The molecular formula is C18H27N3O2. The lowest BCUT2D eigenvalue weighted by molar-refractivity contribution is -0.127. The second kappa shape index (κ2) is 8.11. The van der Waals surface area contributed by atoms with Crippen molar-refractivity contribution >= 4 is 11.8 Å². The van der Waals surface area contributed by atoms with E-state index in [4.69, 9.17) is 5.73 Å². The van der Waals surface area contributed by atoms with E-state index >= 15 is 0 Å². The molecule has 0 radical (unpaired) electrons. The average molecular weight is 317 g/mol. The third-order valence-electron chi connectivity index (χ3n) is 4.28. The SMILES string of the molecule is CC(C)[C@H](N)C(=O)NCC(=O)NC(Cc1ccccc1)C1CC1. The number of benzene rings is 1. The van der Waals surface area contributed by atoms with E-state index in [0.717, 1.165) is 19.3 Å². The van der Waals surface area contributed by atoms with Crippen molar-refractivity contribution in [2.45, 2.75) is 45.2 Å². The first-order valence-corrected chi connectivity index (χ1v) is 8.34. The molecule has 0 bridgehead atoms. The van der Waals surface area contributed by atoms with E-state index in [2.05, 4.69) is 22.8 Å². The van der Waals surface area contributed by atoms with Gasteiger partial charge in [0.25, 0.3) is 0 Å². The summed E-state index contributed by atoms with van der Waals surface area (Å²) in [5.74, 6) is 0.173. The van der Waals surface area contributed by atoms with Crippen LogP contribution in [0.3, 0.4) is 0 Å². The van der Waals surface area contributed by atoms with Crippen LogP contribution >= 0.6 is 0 Å². The zero-order valence-corrected chi connectivity index (χ0v) is 13.9. The van der Waals surface area contributed by atoms with Crippen molar-refractivity contribution in [1.29, 1.82) is 0 Å². The lowest BCUT2D eigenvalue weighted by Gasteiger charge is -2.20. The second-order valence-electron chi connectivity index (χ2n) is 6.69. The molecule has 4 N–H and O–H groups in total. The van der Waals surface area contributed by atoms with Crippen LogP contribution in [0.2, 0.25) is 0 Å². The molecule has 2 amide bonds. The van der Waals surface area contributed by atoms with Crippen LogP contribution in [0.15, 0.2) is 30.3 Å². The smallest absolute Gasteiger partial charge is 0.239 e. The van der Waals surface area contributed by atoms with Gasteiger partial charge in [-0.1, -0.05) is 44.2 Å². The van der Waals surface area contributed by atoms with Crippen LogP contribution in [0.4, 0.5) is 0 Å². The first-order chi connectivity index (χ1) is 11.0. The van der Waals surface area contributed by atoms with Gasteiger partial charge in [-0.25, -0.2) is 0 Å². The molecule has 0 aromatic heterocycles. The highest BCUT2D eigenvalue weighted by Crippen LogP contribution is 2.34. The largest absolute Gasteiger partial charge is 0.351 e. The molecule has 0 heterocycles. The number of nitrogens with two attached hydrogens (primary N) is 1. The fourth-order valence-electron chi connectivity index (χ4n) is 2.55. The van der Waals surface area contributed by atoms with Crippen LogP contribution in [0.1, 0.15) is 32.3 Å². The summed E-state index contributed by atoms with van der Waals surface area (Å²) < 4.78 is 0. The van der Waals surface area contributed by atoms with Gasteiger partial charge in [0.05, 0.1) is 12.6 Å². The van der Waals surface area contributed by atoms with Gasteiger partial charge >= 0.3 is 0 Å². The number of rotatable bonds is 8. The van der Waals surface area contributed by atoms with Gasteiger partial charge in [0, 0.05) is 6.04 Å². The summed E-state index contributed by atoms with van der Waals surface area (Å²) in [5.41, 5.74) is 6.98. The third kappa shape index (κ3) is 5.67. The quantitative estimate of drug-likeness (QED) is 0.674. The maximum Gasteiger partial charge on any atom is 0.239 e. The topological polar surface area (TPSA) is 84.2 Å². The molecule has 1 saturated carbocycles. The molecule has 1 aliphatic carbocycles. The Kier molecular flexibility index (Phi) is 6.16. The van der Waals surface area contributed by atoms with Gasteiger partial charge in [0.1, 0.15) is 0 Å². The number of hydrogen-bond acceptors (Lipinski definition) is 3.